The second-order valence-electron chi connectivity index (χ2n) is 5.30. The molecule has 4 rings (SSSR count). The van der Waals surface area contributed by atoms with Crippen LogP contribution in [0, 0.1) is 0 Å². The summed E-state index contributed by atoms with van der Waals surface area (Å²) >= 11 is 0. The maximum absolute atomic E-state index is 6.24. The lowest BCUT2D eigenvalue weighted by atomic mass is 10.0. The zero-order valence-electron chi connectivity index (χ0n) is 12.0. The van der Waals surface area contributed by atoms with E-state index in [1.165, 1.54) is 0 Å². The Morgan fingerprint density at radius 3 is 1.86 bits per heavy atom. The van der Waals surface area contributed by atoms with E-state index in [0.717, 1.165) is 39.1 Å². The first kappa shape index (κ1) is 12.7. The largest absolute Gasteiger partial charge is 0.455 e. The van der Waals surface area contributed by atoms with Crippen molar-refractivity contribution in [2.75, 3.05) is 5.73 Å². The minimum absolute atomic E-state index is 0.735. The monoisotopic (exact) mass is 285 g/mol. The van der Waals surface area contributed by atoms with E-state index >= 15 is 0 Å². The van der Waals surface area contributed by atoms with E-state index < -0.39 is 0 Å². The first-order valence-electron chi connectivity index (χ1n) is 7.26. The molecule has 0 aliphatic carbocycles. The molecule has 4 aromatic rings. The van der Waals surface area contributed by atoms with Crippen molar-refractivity contribution in [1.29, 1.82) is 0 Å². The molecule has 0 atom stereocenters. The van der Waals surface area contributed by atoms with E-state index in [9.17, 15) is 0 Å². The van der Waals surface area contributed by atoms with E-state index in [2.05, 4.69) is 24.3 Å². The van der Waals surface area contributed by atoms with Crippen molar-refractivity contribution in [1.82, 2.24) is 0 Å². The topological polar surface area (TPSA) is 39.2 Å². The Bertz CT molecular complexity index is 938. The van der Waals surface area contributed by atoms with Gasteiger partial charge in [0.2, 0.25) is 0 Å². The number of anilines is 1. The van der Waals surface area contributed by atoms with Gasteiger partial charge in [-0.2, -0.15) is 0 Å². The standard InChI is InChI=1S/C20H15NO/c21-16-10-6-9-15(13-16)20-18-12-5-4-11-17(18)19(22-20)14-7-2-1-3-8-14/h1-13H,21H2. The molecule has 1 heterocycles. The molecule has 0 saturated carbocycles. The lowest BCUT2D eigenvalue weighted by molar-refractivity contribution is 0.602. The van der Waals surface area contributed by atoms with Crippen molar-refractivity contribution < 1.29 is 4.42 Å². The maximum Gasteiger partial charge on any atom is 0.142 e. The summed E-state index contributed by atoms with van der Waals surface area (Å²) in [4.78, 5) is 0. The minimum atomic E-state index is 0.735. The number of benzene rings is 3. The van der Waals surface area contributed by atoms with Crippen molar-refractivity contribution >= 4 is 16.5 Å². The Balaban J connectivity index is 2.01. The van der Waals surface area contributed by atoms with Gasteiger partial charge in [0.15, 0.2) is 0 Å². The fourth-order valence-electron chi connectivity index (χ4n) is 2.79. The number of hydrogen-bond donors (Lipinski definition) is 1. The Kier molecular flexibility index (Phi) is 2.94. The zero-order chi connectivity index (χ0) is 14.9. The van der Waals surface area contributed by atoms with Crippen LogP contribution in [0.15, 0.2) is 83.3 Å². The molecular weight excluding hydrogens is 270 g/mol. The van der Waals surface area contributed by atoms with E-state index in [-0.39, 0.29) is 0 Å². The third-order valence-electron chi connectivity index (χ3n) is 3.81. The number of hydrogen-bond acceptors (Lipinski definition) is 2. The maximum atomic E-state index is 6.24. The lowest BCUT2D eigenvalue weighted by Crippen LogP contribution is -1.84. The average molecular weight is 285 g/mol. The van der Waals surface area contributed by atoms with Gasteiger partial charge in [-0.15, -0.1) is 0 Å². The highest BCUT2D eigenvalue weighted by atomic mass is 16.3. The van der Waals surface area contributed by atoms with Crippen molar-refractivity contribution in [2.45, 2.75) is 0 Å². The van der Waals surface area contributed by atoms with Gasteiger partial charge in [0, 0.05) is 27.6 Å². The van der Waals surface area contributed by atoms with E-state index in [4.69, 9.17) is 10.2 Å². The highest BCUT2D eigenvalue weighted by Gasteiger charge is 2.15. The molecule has 0 aliphatic rings. The number of rotatable bonds is 2. The predicted octanol–water partition coefficient (Wildman–Crippen LogP) is 5.35. The predicted molar refractivity (Wildman–Crippen MR) is 91.5 cm³/mol. The summed E-state index contributed by atoms with van der Waals surface area (Å²) < 4.78 is 6.24. The van der Waals surface area contributed by atoms with Crippen LogP contribution in [0.1, 0.15) is 0 Å². The Labute approximate surface area is 128 Å². The molecule has 0 saturated heterocycles. The Morgan fingerprint density at radius 2 is 1.18 bits per heavy atom. The van der Waals surface area contributed by atoms with Gasteiger partial charge in [-0.1, -0.05) is 66.7 Å². The number of nitrogens with two attached hydrogens (primary N) is 1. The van der Waals surface area contributed by atoms with Crippen LogP contribution in [0.4, 0.5) is 5.69 Å². The van der Waals surface area contributed by atoms with Gasteiger partial charge in [0.1, 0.15) is 11.5 Å². The highest BCUT2D eigenvalue weighted by molar-refractivity contribution is 6.02. The van der Waals surface area contributed by atoms with Gasteiger partial charge in [-0.05, 0) is 12.1 Å². The fourth-order valence-corrected chi connectivity index (χ4v) is 2.79. The van der Waals surface area contributed by atoms with Crippen LogP contribution >= 0.6 is 0 Å². The number of furan rings is 1. The van der Waals surface area contributed by atoms with Crippen LogP contribution in [0.5, 0.6) is 0 Å². The van der Waals surface area contributed by atoms with Crippen LogP contribution in [0.3, 0.4) is 0 Å². The molecule has 0 aliphatic heterocycles. The molecule has 2 heteroatoms. The average Bonchev–Trinajstić information content (AvgIpc) is 2.95. The van der Waals surface area contributed by atoms with Gasteiger partial charge in [0.05, 0.1) is 0 Å². The normalized spacial score (nSPS) is 10.9. The molecule has 1 aromatic heterocycles. The number of fused-ring (bicyclic) bond motifs is 1. The fraction of sp³-hybridized carbons (Fsp3) is 0. The zero-order valence-corrected chi connectivity index (χ0v) is 12.0. The molecule has 0 bridgehead atoms. The SMILES string of the molecule is Nc1cccc(-c2oc(-c3ccccc3)c3ccccc23)c1. The van der Waals surface area contributed by atoms with Crippen molar-refractivity contribution in [3.05, 3.63) is 78.9 Å². The first-order valence-corrected chi connectivity index (χ1v) is 7.26. The molecule has 22 heavy (non-hydrogen) atoms. The van der Waals surface area contributed by atoms with Crippen LogP contribution < -0.4 is 5.73 Å². The summed E-state index contributed by atoms with van der Waals surface area (Å²) in [5.74, 6) is 1.76. The molecule has 3 aromatic carbocycles. The lowest BCUT2D eigenvalue weighted by Gasteiger charge is -2.00. The first-order chi connectivity index (χ1) is 10.8. The third-order valence-corrected chi connectivity index (χ3v) is 3.81. The van der Waals surface area contributed by atoms with Crippen molar-refractivity contribution in [2.24, 2.45) is 0 Å². The van der Waals surface area contributed by atoms with E-state index in [0.29, 0.717) is 0 Å². The van der Waals surface area contributed by atoms with Gasteiger partial charge in [-0.25, -0.2) is 0 Å². The number of nitrogen functional groups attached to an aromatic ring is 1. The van der Waals surface area contributed by atoms with Gasteiger partial charge < -0.3 is 10.2 Å². The van der Waals surface area contributed by atoms with Gasteiger partial charge in [0.25, 0.3) is 0 Å². The highest BCUT2D eigenvalue weighted by Crippen LogP contribution is 2.39. The van der Waals surface area contributed by atoms with Crippen LogP contribution in [0.2, 0.25) is 0 Å². The molecule has 0 amide bonds. The molecule has 0 spiro atoms. The van der Waals surface area contributed by atoms with Crippen molar-refractivity contribution in [3.8, 4) is 22.6 Å². The van der Waals surface area contributed by atoms with Gasteiger partial charge >= 0.3 is 0 Å². The quantitative estimate of drug-likeness (QED) is 0.504. The summed E-state index contributed by atoms with van der Waals surface area (Å²) in [6.07, 6.45) is 0. The summed E-state index contributed by atoms with van der Waals surface area (Å²) in [7, 11) is 0. The summed E-state index contributed by atoms with van der Waals surface area (Å²) in [6.45, 7) is 0. The summed E-state index contributed by atoms with van der Waals surface area (Å²) in [5.41, 5.74) is 8.73. The molecule has 0 unspecified atom stereocenters. The second kappa shape index (κ2) is 5.08. The van der Waals surface area contributed by atoms with E-state index in [1.807, 2.05) is 54.6 Å². The summed E-state index contributed by atoms with van der Waals surface area (Å²) in [5, 5.41) is 2.22. The molecule has 0 radical (unpaired) electrons. The third kappa shape index (κ3) is 2.06. The summed E-state index contributed by atoms with van der Waals surface area (Å²) in [6, 6.07) is 26.2. The molecule has 2 N–H and O–H groups in total. The Hall–Kier alpha value is -3.00. The Morgan fingerprint density at radius 1 is 0.591 bits per heavy atom. The van der Waals surface area contributed by atoms with Crippen molar-refractivity contribution in [3.63, 3.8) is 0 Å². The van der Waals surface area contributed by atoms with Crippen LogP contribution in [-0.4, -0.2) is 0 Å². The molecule has 0 fully saturated rings. The minimum Gasteiger partial charge on any atom is -0.455 e. The second-order valence-corrected chi connectivity index (χ2v) is 5.30. The molecule has 106 valence electrons. The van der Waals surface area contributed by atoms with Crippen LogP contribution in [0.25, 0.3) is 33.4 Å². The van der Waals surface area contributed by atoms with Crippen LogP contribution in [-0.2, 0) is 0 Å². The van der Waals surface area contributed by atoms with E-state index in [1.54, 1.807) is 0 Å². The molecular formula is C20H15NO. The smallest absolute Gasteiger partial charge is 0.142 e. The van der Waals surface area contributed by atoms with Gasteiger partial charge in [-0.3, -0.25) is 0 Å². The molecule has 2 nitrogen and oxygen atoms in total.